The summed E-state index contributed by atoms with van der Waals surface area (Å²) in [4.78, 5) is 29.2. The Labute approximate surface area is 379 Å². The molecule has 4 aliphatic rings. The lowest BCUT2D eigenvalue weighted by Gasteiger charge is -2.48. The van der Waals surface area contributed by atoms with Crippen LogP contribution in [0.25, 0.3) is 22.0 Å². The normalized spacial score (nSPS) is 24.2. The molecular weight excluding hydrogens is 767 g/mol. The lowest BCUT2D eigenvalue weighted by molar-refractivity contribution is -0.139. The Kier molecular flexibility index (Phi) is 11.9. The molecule has 1 aromatic heterocycles. The summed E-state index contributed by atoms with van der Waals surface area (Å²) in [5, 5.41) is 2.37. The highest BCUT2D eigenvalue weighted by molar-refractivity contribution is 6.13. The summed E-state index contributed by atoms with van der Waals surface area (Å²) < 4.78 is 2.59. The van der Waals surface area contributed by atoms with E-state index >= 15 is 0 Å². The molecule has 0 radical (unpaired) electrons. The van der Waals surface area contributed by atoms with Crippen molar-refractivity contribution in [3.05, 3.63) is 155 Å². The third-order valence-electron chi connectivity index (χ3n) is 15.1. The predicted molar refractivity (Wildman–Crippen MR) is 265 cm³/mol. The van der Waals surface area contributed by atoms with Crippen LogP contribution in [0.1, 0.15) is 144 Å². The van der Waals surface area contributed by atoms with Crippen LogP contribution in [0.5, 0.6) is 0 Å². The third-order valence-corrected chi connectivity index (χ3v) is 15.1. The first-order valence-corrected chi connectivity index (χ1v) is 24.1. The van der Waals surface area contributed by atoms with Crippen LogP contribution in [0.4, 0.5) is 0 Å². The van der Waals surface area contributed by atoms with E-state index in [0.717, 1.165) is 52.1 Å². The van der Waals surface area contributed by atoms with Crippen molar-refractivity contribution in [2.24, 2.45) is 51.2 Å². The van der Waals surface area contributed by atoms with Crippen molar-refractivity contribution >= 4 is 27.9 Å². The Hall–Kier alpha value is -4.76. The van der Waals surface area contributed by atoms with E-state index in [4.69, 9.17) is 0 Å². The van der Waals surface area contributed by atoms with E-state index in [2.05, 4.69) is 203 Å². The van der Waals surface area contributed by atoms with Gasteiger partial charge in [0.1, 0.15) is 5.78 Å². The summed E-state index contributed by atoms with van der Waals surface area (Å²) >= 11 is 0. The van der Waals surface area contributed by atoms with Gasteiger partial charge in [0.25, 0.3) is 0 Å². The highest BCUT2D eigenvalue weighted by Gasteiger charge is 2.50. The highest BCUT2D eigenvalue weighted by atomic mass is 16.1. The standard InChI is InChI=1S/C60H73NO2/c1-57(2,3)47-34-40(35-48(55(47)62)58(4,5)6)53(45-30-20-24-38-22-16-18-28-43(38)45)51-32-33-52(61(51)42-26-14-13-15-27-42)54(46-31-21-25-39-23-17-19-29-44(39)46)41-36-49(59(7,8)9)56(63)50(37-41)60(10,11)12/h13-16,18,20-22,24-28,30-35,39,41,44,49-50,54H,17,19,23,29,36-37H2,1-12H3. The molecule has 330 valence electrons. The Morgan fingerprint density at radius 2 is 1.24 bits per heavy atom. The summed E-state index contributed by atoms with van der Waals surface area (Å²) in [5.74, 6) is 1.92. The Balaban J connectivity index is 1.48. The molecule has 0 N–H and O–H groups in total. The molecule has 0 spiro atoms. The molecule has 3 heteroatoms. The zero-order valence-electron chi connectivity index (χ0n) is 40.4. The van der Waals surface area contributed by atoms with Gasteiger partial charge in [-0.25, -0.2) is 0 Å². The molecule has 0 saturated heterocycles. The van der Waals surface area contributed by atoms with E-state index in [0.29, 0.717) is 17.6 Å². The molecule has 63 heavy (non-hydrogen) atoms. The number of hydrogen-bond acceptors (Lipinski definition) is 2. The number of rotatable bonds is 6. The van der Waals surface area contributed by atoms with Gasteiger partial charge in [-0.05, 0) is 123 Å². The van der Waals surface area contributed by atoms with Gasteiger partial charge in [-0.1, -0.05) is 180 Å². The third kappa shape index (κ3) is 8.63. The Morgan fingerprint density at radius 1 is 0.651 bits per heavy atom. The quantitative estimate of drug-likeness (QED) is 0.194. The number of aromatic nitrogens is 1. The van der Waals surface area contributed by atoms with Crippen molar-refractivity contribution in [1.29, 1.82) is 0 Å². The molecule has 2 saturated carbocycles. The minimum Gasteiger partial charge on any atom is -0.313 e. The number of carbonyl (C=O) groups is 2. The van der Waals surface area contributed by atoms with Crippen LogP contribution in [0, 0.1) is 51.2 Å². The smallest absolute Gasteiger partial charge is 0.186 e. The Bertz CT molecular complexity index is 2490. The van der Waals surface area contributed by atoms with Gasteiger partial charge in [-0.15, -0.1) is 0 Å². The second kappa shape index (κ2) is 16.7. The fraction of sp³-hybridized carbons (Fsp3) is 0.467. The molecule has 0 aliphatic heterocycles. The highest BCUT2D eigenvalue weighted by Crippen LogP contribution is 2.55. The van der Waals surface area contributed by atoms with E-state index in [1.807, 2.05) is 0 Å². The predicted octanol–water partition coefficient (Wildman–Crippen LogP) is 15.6. The largest absolute Gasteiger partial charge is 0.313 e. The number of carbonyl (C=O) groups excluding carboxylic acids is 2. The maximum absolute atomic E-state index is 14.7. The summed E-state index contributed by atoms with van der Waals surface area (Å²) in [7, 11) is 0. The molecule has 4 aliphatic carbocycles. The molecule has 5 unspecified atom stereocenters. The molecule has 5 atom stereocenters. The maximum Gasteiger partial charge on any atom is 0.186 e. The van der Waals surface area contributed by atoms with Crippen LogP contribution < -0.4 is 0 Å². The molecular formula is C60H73NO2. The monoisotopic (exact) mass is 840 g/mol. The summed E-state index contributed by atoms with van der Waals surface area (Å²) in [5.41, 5.74) is 9.10. The number of hydrogen-bond donors (Lipinski definition) is 0. The molecule has 1 heterocycles. The van der Waals surface area contributed by atoms with Crippen molar-refractivity contribution in [2.45, 2.75) is 128 Å². The average Bonchev–Trinajstić information content (AvgIpc) is 3.64. The van der Waals surface area contributed by atoms with Crippen molar-refractivity contribution in [2.75, 3.05) is 0 Å². The van der Waals surface area contributed by atoms with Crippen molar-refractivity contribution in [1.82, 2.24) is 4.57 Å². The zero-order valence-corrected chi connectivity index (χ0v) is 40.4. The SMILES string of the molecule is CC(C)(C)C1=CC(=C(c2cccc3ccccc23)c2ccc(C(C3=CC=CC4CCCCC34)C3CC(C(C)(C)C)C(=O)C(C(C)(C)C)C3)n2-c2ccccc2)C=C(C(C)(C)C)C1=O. The lowest BCUT2D eigenvalue weighted by atomic mass is 9.55. The van der Waals surface area contributed by atoms with E-state index in [1.54, 1.807) is 5.57 Å². The number of benzene rings is 3. The van der Waals surface area contributed by atoms with Crippen molar-refractivity contribution in [3.8, 4) is 5.69 Å². The first-order chi connectivity index (χ1) is 29.6. The summed E-state index contributed by atoms with van der Waals surface area (Å²) in [6, 6.07) is 31.2. The minimum atomic E-state index is -0.363. The maximum atomic E-state index is 14.7. The van der Waals surface area contributed by atoms with Gasteiger partial charge in [0.15, 0.2) is 5.78 Å². The molecule has 3 aromatic carbocycles. The molecule has 4 aromatic rings. The molecule has 8 rings (SSSR count). The summed E-state index contributed by atoms with van der Waals surface area (Å²) in [6.07, 6.45) is 18.5. The first kappa shape index (κ1) is 44.8. The van der Waals surface area contributed by atoms with Crippen LogP contribution in [0.2, 0.25) is 0 Å². The van der Waals surface area contributed by atoms with Gasteiger partial charge >= 0.3 is 0 Å². The van der Waals surface area contributed by atoms with Crippen molar-refractivity contribution in [3.63, 3.8) is 0 Å². The van der Waals surface area contributed by atoms with Gasteiger partial charge in [-0.3, -0.25) is 9.59 Å². The fourth-order valence-corrected chi connectivity index (χ4v) is 11.8. The van der Waals surface area contributed by atoms with Crippen LogP contribution in [0.15, 0.2) is 138 Å². The van der Waals surface area contributed by atoms with E-state index in [9.17, 15) is 9.59 Å². The van der Waals surface area contributed by atoms with E-state index in [1.165, 1.54) is 42.1 Å². The van der Waals surface area contributed by atoms with Crippen LogP contribution in [-0.2, 0) is 9.59 Å². The average molecular weight is 840 g/mol. The number of Topliss-reactive ketones (excluding diaryl/α,β-unsaturated/α-hetero) is 2. The Morgan fingerprint density at radius 3 is 1.86 bits per heavy atom. The molecule has 0 bridgehead atoms. The van der Waals surface area contributed by atoms with Crippen LogP contribution >= 0.6 is 0 Å². The number of allylic oxidation sites excluding steroid dienone is 9. The zero-order chi connectivity index (χ0) is 45.2. The van der Waals surface area contributed by atoms with Crippen LogP contribution in [-0.4, -0.2) is 16.1 Å². The summed E-state index contributed by atoms with van der Waals surface area (Å²) in [6.45, 7) is 26.7. The fourth-order valence-electron chi connectivity index (χ4n) is 11.8. The minimum absolute atomic E-state index is 0.0282. The number of fused-ring (bicyclic) bond motifs is 2. The molecule has 2 fully saturated rings. The number of ketones is 2. The van der Waals surface area contributed by atoms with Crippen molar-refractivity contribution < 1.29 is 9.59 Å². The van der Waals surface area contributed by atoms with Gasteiger partial charge in [-0.2, -0.15) is 0 Å². The lowest BCUT2D eigenvalue weighted by Crippen LogP contribution is -2.46. The van der Waals surface area contributed by atoms with Gasteiger partial charge < -0.3 is 4.57 Å². The molecule has 3 nitrogen and oxygen atoms in total. The first-order valence-electron chi connectivity index (χ1n) is 24.1. The molecule has 0 amide bonds. The van der Waals surface area contributed by atoms with Gasteiger partial charge in [0.05, 0.1) is 5.69 Å². The topological polar surface area (TPSA) is 39.1 Å². The van der Waals surface area contributed by atoms with Gasteiger partial charge in [0.2, 0.25) is 0 Å². The number of para-hydroxylation sites is 1. The van der Waals surface area contributed by atoms with E-state index < -0.39 is 0 Å². The van der Waals surface area contributed by atoms with Gasteiger partial charge in [0, 0.05) is 45.9 Å². The van der Waals surface area contributed by atoms with E-state index in [-0.39, 0.29) is 51.1 Å². The number of nitrogens with zero attached hydrogens (tertiary/aromatic N) is 1. The second-order valence-electron chi connectivity index (χ2n) is 23.7. The van der Waals surface area contributed by atoms with Crippen LogP contribution in [0.3, 0.4) is 0 Å². The second-order valence-corrected chi connectivity index (χ2v) is 23.7.